The van der Waals surface area contributed by atoms with Gasteiger partial charge in [-0.05, 0) is 67.3 Å². The van der Waals surface area contributed by atoms with Crippen LogP contribution in [0.2, 0.25) is 5.02 Å². The topological polar surface area (TPSA) is 84.3 Å². The van der Waals surface area contributed by atoms with Crippen LogP contribution in [-0.4, -0.2) is 41.3 Å². The van der Waals surface area contributed by atoms with Crippen LogP contribution >= 0.6 is 11.6 Å². The maximum Gasteiger partial charge on any atom is 0.243 e. The summed E-state index contributed by atoms with van der Waals surface area (Å²) in [6.07, 6.45) is 1.87. The van der Waals surface area contributed by atoms with Crippen molar-refractivity contribution in [3.8, 4) is 16.9 Å². The summed E-state index contributed by atoms with van der Waals surface area (Å²) in [7, 11) is -3.92. The molecule has 4 rings (SSSR count). The van der Waals surface area contributed by atoms with Crippen LogP contribution in [0.5, 0.6) is 0 Å². The fourth-order valence-corrected chi connectivity index (χ4v) is 5.71. The first-order chi connectivity index (χ1) is 18.0. The molecular weight excluding hydrogens is 520 g/mol. The van der Waals surface area contributed by atoms with Gasteiger partial charge in [-0.15, -0.1) is 0 Å². The van der Waals surface area contributed by atoms with Gasteiger partial charge < -0.3 is 0 Å². The molecule has 0 aliphatic carbocycles. The number of hydrogen-bond donors (Lipinski definition) is 1. The van der Waals surface area contributed by atoms with E-state index in [4.69, 9.17) is 16.6 Å². The highest BCUT2D eigenvalue weighted by molar-refractivity contribution is 7.89. The lowest BCUT2D eigenvalue weighted by atomic mass is 10.1. The van der Waals surface area contributed by atoms with Crippen LogP contribution in [0, 0.1) is 19.8 Å². The number of hydrogen-bond acceptors (Lipinski definition) is 4. The van der Waals surface area contributed by atoms with Crippen LogP contribution in [-0.2, 0) is 14.8 Å². The number of nitrogens with zero attached hydrogens (tertiary/aromatic N) is 3. The van der Waals surface area contributed by atoms with Gasteiger partial charge in [-0.2, -0.15) is 4.31 Å². The van der Waals surface area contributed by atoms with Crippen molar-refractivity contribution in [2.75, 3.05) is 18.4 Å². The minimum Gasteiger partial charge on any atom is -0.294 e. The van der Waals surface area contributed by atoms with E-state index in [2.05, 4.69) is 5.32 Å². The molecule has 0 bridgehead atoms. The van der Waals surface area contributed by atoms with E-state index in [1.165, 1.54) is 28.6 Å². The number of carbonyl (C=O) groups is 1. The molecule has 198 valence electrons. The predicted molar refractivity (Wildman–Crippen MR) is 152 cm³/mol. The van der Waals surface area contributed by atoms with E-state index in [1.54, 1.807) is 0 Å². The van der Waals surface area contributed by atoms with E-state index in [0.717, 1.165) is 22.4 Å². The number of carbonyl (C=O) groups excluding carboxylic acids is 1. The summed E-state index contributed by atoms with van der Waals surface area (Å²) in [6.45, 7) is 7.69. The molecule has 4 aromatic rings. The summed E-state index contributed by atoms with van der Waals surface area (Å²) >= 11 is 5.95. The van der Waals surface area contributed by atoms with E-state index in [9.17, 15) is 13.2 Å². The predicted octanol–water partition coefficient (Wildman–Crippen LogP) is 6.09. The van der Waals surface area contributed by atoms with Gasteiger partial charge in [-0.25, -0.2) is 13.4 Å². The number of halogens is 1. The summed E-state index contributed by atoms with van der Waals surface area (Å²) in [5, 5.41) is 3.29. The Kier molecular flexibility index (Phi) is 8.35. The lowest BCUT2D eigenvalue weighted by Crippen LogP contribution is -2.40. The van der Waals surface area contributed by atoms with Gasteiger partial charge in [0.2, 0.25) is 21.9 Å². The minimum atomic E-state index is -3.92. The summed E-state index contributed by atoms with van der Waals surface area (Å²) in [4.78, 5) is 18.1. The Hall–Kier alpha value is -3.46. The van der Waals surface area contributed by atoms with Crippen LogP contribution in [0.1, 0.15) is 25.0 Å². The third-order valence-electron chi connectivity index (χ3n) is 6.14. The molecule has 0 saturated carbocycles. The van der Waals surface area contributed by atoms with Gasteiger partial charge in [0.25, 0.3) is 0 Å². The average Bonchev–Trinajstić information content (AvgIpc) is 3.29. The number of rotatable bonds is 9. The van der Waals surface area contributed by atoms with Crippen molar-refractivity contribution < 1.29 is 13.2 Å². The quantitative estimate of drug-likeness (QED) is 0.273. The molecule has 3 aromatic carbocycles. The van der Waals surface area contributed by atoms with E-state index >= 15 is 0 Å². The third kappa shape index (κ3) is 6.32. The zero-order valence-electron chi connectivity index (χ0n) is 21.8. The molecule has 0 radical (unpaired) electrons. The zero-order valence-corrected chi connectivity index (χ0v) is 23.4. The molecule has 0 atom stereocenters. The number of nitrogens with one attached hydrogen (secondary N) is 1. The second-order valence-corrected chi connectivity index (χ2v) is 12.0. The number of imidazole rings is 1. The first-order valence-electron chi connectivity index (χ1n) is 12.3. The second-order valence-electron chi connectivity index (χ2n) is 9.65. The lowest BCUT2D eigenvalue weighted by molar-refractivity contribution is -0.116. The Morgan fingerprint density at radius 2 is 1.68 bits per heavy atom. The number of anilines is 1. The van der Waals surface area contributed by atoms with Crippen LogP contribution < -0.4 is 5.32 Å². The highest BCUT2D eigenvalue weighted by Gasteiger charge is 2.28. The van der Waals surface area contributed by atoms with Crippen LogP contribution in [0.25, 0.3) is 16.9 Å². The summed E-state index contributed by atoms with van der Waals surface area (Å²) in [6, 6.07) is 21.6. The van der Waals surface area contributed by atoms with E-state index in [-0.39, 0.29) is 23.9 Å². The van der Waals surface area contributed by atoms with Gasteiger partial charge in [-0.3, -0.25) is 14.7 Å². The van der Waals surface area contributed by atoms with E-state index in [0.29, 0.717) is 16.7 Å². The molecule has 0 fully saturated rings. The third-order valence-corrected chi connectivity index (χ3v) is 8.21. The van der Waals surface area contributed by atoms with Crippen molar-refractivity contribution >= 4 is 33.5 Å². The summed E-state index contributed by atoms with van der Waals surface area (Å²) in [5.41, 5.74) is 4.68. The Morgan fingerprint density at radius 3 is 2.32 bits per heavy atom. The highest BCUT2D eigenvalue weighted by Crippen LogP contribution is 2.26. The van der Waals surface area contributed by atoms with Crippen molar-refractivity contribution in [2.45, 2.75) is 32.6 Å². The molecule has 1 aromatic heterocycles. The van der Waals surface area contributed by atoms with Crippen LogP contribution in [0.15, 0.2) is 83.9 Å². The van der Waals surface area contributed by atoms with Gasteiger partial charge in [0.05, 0.1) is 17.1 Å². The second kappa shape index (κ2) is 11.5. The zero-order chi connectivity index (χ0) is 27.4. The Bertz CT molecular complexity index is 1530. The molecular formula is C29H31ClN4O3S. The standard InChI is InChI=1S/C29H31ClN4O3S/c1-20(2)17-33(38(36,37)26-14-11-24(30)12-15-26)19-28(35)32-29-31-27(23-8-6-5-7-9-23)18-34(29)25-13-10-21(3)22(4)16-25/h5-16,18,20H,17,19H2,1-4H3,(H,31,32,35). The van der Waals surface area contributed by atoms with E-state index < -0.39 is 15.9 Å². The molecule has 7 nitrogen and oxygen atoms in total. The summed E-state index contributed by atoms with van der Waals surface area (Å²) in [5.74, 6) is -0.170. The Balaban J connectivity index is 1.66. The van der Waals surface area contributed by atoms with E-state index in [1.807, 2.05) is 87.0 Å². The minimum absolute atomic E-state index is 0.00655. The SMILES string of the molecule is Cc1ccc(-n2cc(-c3ccccc3)nc2NC(=O)CN(CC(C)C)S(=O)(=O)c2ccc(Cl)cc2)cc1C. The molecule has 1 N–H and O–H groups in total. The maximum absolute atomic E-state index is 13.4. The summed E-state index contributed by atoms with van der Waals surface area (Å²) < 4.78 is 29.8. The number of sulfonamides is 1. The van der Waals surface area contributed by atoms with Crippen molar-refractivity contribution in [3.05, 3.63) is 95.1 Å². The molecule has 0 unspecified atom stereocenters. The first kappa shape index (κ1) is 27.6. The maximum atomic E-state index is 13.4. The van der Waals surface area contributed by atoms with Crippen LogP contribution in [0.3, 0.4) is 0 Å². The van der Waals surface area contributed by atoms with Gasteiger partial charge in [0, 0.05) is 29.0 Å². The number of aryl methyl sites for hydroxylation is 2. The van der Waals surface area contributed by atoms with Gasteiger partial charge in [0.1, 0.15) is 0 Å². The Labute approximate surface area is 229 Å². The van der Waals surface area contributed by atoms with Crippen molar-refractivity contribution in [3.63, 3.8) is 0 Å². The molecule has 1 amide bonds. The van der Waals surface area contributed by atoms with Gasteiger partial charge >= 0.3 is 0 Å². The molecule has 38 heavy (non-hydrogen) atoms. The normalized spacial score (nSPS) is 11.8. The molecule has 0 aliphatic heterocycles. The van der Waals surface area contributed by atoms with Gasteiger partial charge in [0.15, 0.2) is 0 Å². The van der Waals surface area contributed by atoms with Gasteiger partial charge in [-0.1, -0.05) is 61.8 Å². The smallest absolute Gasteiger partial charge is 0.243 e. The molecule has 9 heteroatoms. The number of aromatic nitrogens is 2. The molecule has 1 heterocycles. The van der Waals surface area contributed by atoms with Crippen molar-refractivity contribution in [2.24, 2.45) is 5.92 Å². The number of benzene rings is 3. The largest absolute Gasteiger partial charge is 0.294 e. The Morgan fingerprint density at radius 1 is 1.00 bits per heavy atom. The average molecular weight is 551 g/mol. The molecule has 0 saturated heterocycles. The monoisotopic (exact) mass is 550 g/mol. The lowest BCUT2D eigenvalue weighted by Gasteiger charge is -2.23. The fraction of sp³-hybridized carbons (Fsp3) is 0.241. The van der Waals surface area contributed by atoms with Crippen LogP contribution in [0.4, 0.5) is 5.95 Å². The number of amides is 1. The van der Waals surface area contributed by atoms with Crippen molar-refractivity contribution in [1.82, 2.24) is 13.9 Å². The molecule has 0 aliphatic rings. The molecule has 0 spiro atoms. The highest BCUT2D eigenvalue weighted by atomic mass is 35.5. The first-order valence-corrected chi connectivity index (χ1v) is 14.1. The van der Waals surface area contributed by atoms with Crippen molar-refractivity contribution in [1.29, 1.82) is 0 Å². The fourth-order valence-electron chi connectivity index (χ4n) is 4.02.